The van der Waals surface area contributed by atoms with Crippen molar-refractivity contribution in [1.29, 1.82) is 0 Å². The summed E-state index contributed by atoms with van der Waals surface area (Å²) in [7, 11) is 3.99. The summed E-state index contributed by atoms with van der Waals surface area (Å²) in [5, 5.41) is 3.15. The molecular formula is C9H17N3. The highest BCUT2D eigenvalue weighted by Crippen LogP contribution is 2.16. The maximum atomic E-state index is 4.36. The third-order valence-electron chi connectivity index (χ3n) is 1.98. The van der Waals surface area contributed by atoms with Gasteiger partial charge in [0.05, 0.1) is 17.7 Å². The fourth-order valence-corrected chi connectivity index (χ4v) is 1.34. The van der Waals surface area contributed by atoms with Crippen LogP contribution in [0.1, 0.15) is 31.2 Å². The molecule has 0 saturated heterocycles. The maximum Gasteiger partial charge on any atom is 0.0949 e. The van der Waals surface area contributed by atoms with E-state index in [4.69, 9.17) is 0 Å². The molecule has 0 aliphatic rings. The zero-order valence-corrected chi connectivity index (χ0v) is 8.26. The molecule has 3 nitrogen and oxygen atoms in total. The molecule has 0 saturated carbocycles. The van der Waals surface area contributed by atoms with E-state index in [2.05, 4.69) is 28.7 Å². The molecule has 1 rings (SSSR count). The van der Waals surface area contributed by atoms with Crippen molar-refractivity contribution in [2.45, 2.75) is 26.3 Å². The molecule has 0 atom stereocenters. The smallest absolute Gasteiger partial charge is 0.0949 e. The minimum absolute atomic E-state index is 0.509. The number of aromatic nitrogens is 2. The van der Waals surface area contributed by atoms with Crippen LogP contribution in [-0.4, -0.2) is 16.6 Å². The van der Waals surface area contributed by atoms with Gasteiger partial charge in [0.15, 0.2) is 0 Å². The summed E-state index contributed by atoms with van der Waals surface area (Å²) >= 11 is 0. The van der Waals surface area contributed by atoms with Crippen LogP contribution in [0.5, 0.6) is 0 Å². The second-order valence-corrected chi connectivity index (χ2v) is 3.37. The van der Waals surface area contributed by atoms with Crippen LogP contribution >= 0.6 is 0 Å². The Hall–Kier alpha value is -0.830. The predicted octanol–water partition coefficient (Wildman–Crippen LogP) is 1.26. The van der Waals surface area contributed by atoms with Crippen LogP contribution in [0.2, 0.25) is 0 Å². The lowest BCUT2D eigenvalue weighted by Crippen LogP contribution is -2.11. The third kappa shape index (κ3) is 1.67. The van der Waals surface area contributed by atoms with Gasteiger partial charge in [0.25, 0.3) is 0 Å². The Kier molecular flexibility index (Phi) is 2.87. The fourth-order valence-electron chi connectivity index (χ4n) is 1.34. The van der Waals surface area contributed by atoms with Gasteiger partial charge < -0.3 is 9.88 Å². The number of hydrogen-bond acceptors (Lipinski definition) is 2. The van der Waals surface area contributed by atoms with Crippen molar-refractivity contribution in [3.8, 4) is 0 Å². The van der Waals surface area contributed by atoms with E-state index in [1.807, 2.05) is 20.4 Å². The average Bonchev–Trinajstić information content (AvgIpc) is 2.34. The van der Waals surface area contributed by atoms with Crippen molar-refractivity contribution in [1.82, 2.24) is 14.9 Å². The lowest BCUT2D eigenvalue weighted by molar-refractivity contribution is 0.707. The second-order valence-electron chi connectivity index (χ2n) is 3.37. The topological polar surface area (TPSA) is 29.9 Å². The molecule has 0 bridgehead atoms. The Labute approximate surface area is 73.8 Å². The standard InChI is InChI=1S/C9H17N3/c1-7(2)9-8(5-10-3)12(4)6-11-9/h6-7,10H,5H2,1-4H3. The molecule has 1 heterocycles. The van der Waals surface area contributed by atoms with Crippen molar-refractivity contribution in [3.05, 3.63) is 17.7 Å². The van der Waals surface area contributed by atoms with E-state index in [9.17, 15) is 0 Å². The van der Waals surface area contributed by atoms with E-state index in [0.29, 0.717) is 5.92 Å². The van der Waals surface area contributed by atoms with E-state index in [0.717, 1.165) is 6.54 Å². The van der Waals surface area contributed by atoms with Gasteiger partial charge in [0.1, 0.15) is 0 Å². The molecule has 0 radical (unpaired) electrons. The fraction of sp³-hybridized carbons (Fsp3) is 0.667. The minimum atomic E-state index is 0.509. The Balaban J connectivity index is 2.95. The van der Waals surface area contributed by atoms with Gasteiger partial charge in [-0.15, -0.1) is 0 Å². The molecular weight excluding hydrogens is 150 g/mol. The summed E-state index contributed by atoms with van der Waals surface area (Å²) in [6.45, 7) is 5.23. The monoisotopic (exact) mass is 167 g/mol. The maximum absolute atomic E-state index is 4.36. The Morgan fingerprint density at radius 1 is 1.58 bits per heavy atom. The van der Waals surface area contributed by atoms with Gasteiger partial charge in [-0.1, -0.05) is 13.8 Å². The quantitative estimate of drug-likeness (QED) is 0.734. The van der Waals surface area contributed by atoms with Crippen LogP contribution in [0.15, 0.2) is 6.33 Å². The normalized spacial score (nSPS) is 11.1. The first-order chi connectivity index (χ1) is 5.66. The van der Waals surface area contributed by atoms with Gasteiger partial charge in [-0.3, -0.25) is 0 Å². The van der Waals surface area contributed by atoms with Crippen molar-refractivity contribution in [3.63, 3.8) is 0 Å². The molecule has 1 aromatic rings. The summed E-state index contributed by atoms with van der Waals surface area (Å²) in [6, 6.07) is 0. The van der Waals surface area contributed by atoms with Crippen LogP contribution in [0.25, 0.3) is 0 Å². The van der Waals surface area contributed by atoms with Crippen molar-refractivity contribution in [2.75, 3.05) is 7.05 Å². The van der Waals surface area contributed by atoms with Crippen molar-refractivity contribution in [2.24, 2.45) is 7.05 Å². The zero-order valence-electron chi connectivity index (χ0n) is 8.26. The number of nitrogens with one attached hydrogen (secondary N) is 1. The summed E-state index contributed by atoms with van der Waals surface area (Å²) in [5.74, 6) is 0.509. The van der Waals surface area contributed by atoms with Crippen LogP contribution in [0, 0.1) is 0 Å². The van der Waals surface area contributed by atoms with E-state index >= 15 is 0 Å². The highest BCUT2D eigenvalue weighted by Gasteiger charge is 2.10. The molecule has 68 valence electrons. The first-order valence-electron chi connectivity index (χ1n) is 4.31. The van der Waals surface area contributed by atoms with Crippen molar-refractivity contribution >= 4 is 0 Å². The van der Waals surface area contributed by atoms with E-state index < -0.39 is 0 Å². The van der Waals surface area contributed by atoms with Crippen molar-refractivity contribution < 1.29 is 0 Å². The highest BCUT2D eigenvalue weighted by atomic mass is 15.1. The van der Waals surface area contributed by atoms with Gasteiger partial charge in [0.2, 0.25) is 0 Å². The molecule has 0 aromatic carbocycles. The molecule has 1 N–H and O–H groups in total. The van der Waals surface area contributed by atoms with E-state index in [1.54, 1.807) is 0 Å². The van der Waals surface area contributed by atoms with Gasteiger partial charge in [0, 0.05) is 13.6 Å². The second kappa shape index (κ2) is 3.72. The molecule has 0 unspecified atom stereocenters. The van der Waals surface area contributed by atoms with E-state index in [-0.39, 0.29) is 0 Å². The van der Waals surface area contributed by atoms with E-state index in [1.165, 1.54) is 11.4 Å². The minimum Gasteiger partial charge on any atom is -0.336 e. The molecule has 0 spiro atoms. The van der Waals surface area contributed by atoms with Crippen LogP contribution in [0.4, 0.5) is 0 Å². The van der Waals surface area contributed by atoms with Gasteiger partial charge in [-0.05, 0) is 13.0 Å². The largest absolute Gasteiger partial charge is 0.336 e. The Bertz CT molecular complexity index is 250. The Morgan fingerprint density at radius 3 is 2.75 bits per heavy atom. The molecule has 1 aromatic heterocycles. The first-order valence-corrected chi connectivity index (χ1v) is 4.31. The SMILES string of the molecule is CNCc1c(C(C)C)ncn1C. The van der Waals surface area contributed by atoms with Gasteiger partial charge in [-0.2, -0.15) is 0 Å². The molecule has 0 aliphatic carbocycles. The number of hydrogen-bond donors (Lipinski definition) is 1. The zero-order chi connectivity index (χ0) is 9.14. The van der Waals surface area contributed by atoms with Gasteiger partial charge >= 0.3 is 0 Å². The number of aryl methyl sites for hydroxylation is 1. The summed E-state index contributed by atoms with van der Waals surface area (Å²) in [5.41, 5.74) is 2.49. The number of imidazole rings is 1. The number of nitrogens with zero attached hydrogens (tertiary/aromatic N) is 2. The molecule has 3 heteroatoms. The van der Waals surface area contributed by atoms with Crippen LogP contribution in [0.3, 0.4) is 0 Å². The Morgan fingerprint density at radius 2 is 2.25 bits per heavy atom. The lowest BCUT2D eigenvalue weighted by atomic mass is 10.1. The average molecular weight is 167 g/mol. The molecule has 12 heavy (non-hydrogen) atoms. The van der Waals surface area contributed by atoms with Crippen LogP contribution in [-0.2, 0) is 13.6 Å². The third-order valence-corrected chi connectivity index (χ3v) is 1.98. The van der Waals surface area contributed by atoms with Crippen LogP contribution < -0.4 is 5.32 Å². The molecule has 0 fully saturated rings. The summed E-state index contributed by atoms with van der Waals surface area (Å²) < 4.78 is 2.08. The highest BCUT2D eigenvalue weighted by molar-refractivity contribution is 5.16. The summed E-state index contributed by atoms with van der Waals surface area (Å²) in [4.78, 5) is 4.36. The lowest BCUT2D eigenvalue weighted by Gasteiger charge is -2.07. The van der Waals surface area contributed by atoms with Gasteiger partial charge in [-0.25, -0.2) is 4.98 Å². The predicted molar refractivity (Wildman–Crippen MR) is 50.1 cm³/mol. The first kappa shape index (κ1) is 9.26. The molecule has 0 amide bonds. The summed E-state index contributed by atoms with van der Waals surface area (Å²) in [6.07, 6.45) is 1.88. The molecule has 0 aliphatic heterocycles. The number of rotatable bonds is 3.